The maximum atomic E-state index is 5.99. The van der Waals surface area contributed by atoms with Gasteiger partial charge in [0.1, 0.15) is 0 Å². The molecule has 0 amide bonds. The second kappa shape index (κ2) is 8.82. The predicted molar refractivity (Wildman–Crippen MR) is 85.8 cm³/mol. The molecule has 4 nitrogen and oxygen atoms in total. The summed E-state index contributed by atoms with van der Waals surface area (Å²) < 4.78 is 6.95. The Balaban J connectivity index is 1.74. The summed E-state index contributed by atoms with van der Waals surface area (Å²) >= 11 is 5.99. The topological polar surface area (TPSA) is 39.1 Å². The second-order valence-corrected chi connectivity index (χ2v) is 5.46. The van der Waals surface area contributed by atoms with E-state index in [4.69, 9.17) is 16.3 Å². The van der Waals surface area contributed by atoms with Gasteiger partial charge in [0.05, 0.1) is 19.3 Å². The zero-order valence-corrected chi connectivity index (χ0v) is 13.1. The highest BCUT2D eigenvalue weighted by atomic mass is 35.5. The van der Waals surface area contributed by atoms with Gasteiger partial charge >= 0.3 is 0 Å². The van der Waals surface area contributed by atoms with Crippen LogP contribution in [0.15, 0.2) is 36.7 Å². The Kier molecular flexibility index (Phi) is 6.73. The zero-order chi connectivity index (χ0) is 14.9. The van der Waals surface area contributed by atoms with Gasteiger partial charge in [-0.1, -0.05) is 23.7 Å². The normalized spacial score (nSPS) is 11.0. The Labute approximate surface area is 131 Å². The number of halogens is 1. The van der Waals surface area contributed by atoms with Crippen molar-refractivity contribution in [2.24, 2.45) is 0 Å². The molecule has 21 heavy (non-hydrogen) atoms. The molecule has 114 valence electrons. The Morgan fingerprint density at radius 2 is 2.19 bits per heavy atom. The van der Waals surface area contributed by atoms with Gasteiger partial charge in [-0.2, -0.15) is 5.10 Å². The van der Waals surface area contributed by atoms with Crippen LogP contribution in [0, 0.1) is 0 Å². The molecule has 0 fully saturated rings. The molecule has 1 heterocycles. The molecule has 0 radical (unpaired) electrons. The van der Waals surface area contributed by atoms with Crippen LogP contribution in [-0.4, -0.2) is 36.6 Å². The number of benzene rings is 1. The molecule has 0 atom stereocenters. The number of rotatable bonds is 9. The first-order valence-electron chi connectivity index (χ1n) is 7.23. The van der Waals surface area contributed by atoms with Crippen LogP contribution in [-0.2, 0) is 17.7 Å². The number of aryl methyl sites for hydroxylation is 1. The second-order valence-electron chi connectivity index (χ2n) is 5.02. The molecule has 5 heteroatoms. The molecule has 0 aliphatic rings. The number of nitrogens with zero attached hydrogens (tertiary/aromatic N) is 2. The number of methoxy groups -OCH3 is 1. The summed E-state index contributed by atoms with van der Waals surface area (Å²) in [6, 6.07) is 7.89. The molecule has 2 aromatic rings. The van der Waals surface area contributed by atoms with E-state index in [2.05, 4.69) is 22.7 Å². The van der Waals surface area contributed by atoms with Crippen molar-refractivity contribution >= 4 is 11.6 Å². The number of hydrogen-bond acceptors (Lipinski definition) is 3. The molecule has 1 aromatic heterocycles. The highest BCUT2D eigenvalue weighted by Gasteiger charge is 2.01. The maximum absolute atomic E-state index is 5.99. The molecule has 1 N–H and O–H groups in total. The maximum Gasteiger partial charge on any atom is 0.0659 e. The predicted octanol–water partition coefficient (Wildman–Crippen LogP) is 2.75. The van der Waals surface area contributed by atoms with Gasteiger partial charge in [0.25, 0.3) is 0 Å². The van der Waals surface area contributed by atoms with E-state index in [0.717, 1.165) is 44.1 Å². The minimum absolute atomic E-state index is 0.757. The van der Waals surface area contributed by atoms with Crippen LogP contribution in [0.1, 0.15) is 17.5 Å². The molecular weight excluding hydrogens is 286 g/mol. The van der Waals surface area contributed by atoms with Crippen LogP contribution in [0.25, 0.3) is 0 Å². The molecule has 0 saturated heterocycles. The standard InChI is InChI=1S/C16H22ClN3O/c1-21-9-8-18-7-3-5-15-11-19-20(13-15)12-14-4-2-6-16(17)10-14/h2,4,6,10-11,13,18H,3,5,7-9,12H2,1H3. The third-order valence-corrected chi connectivity index (χ3v) is 3.46. The van der Waals surface area contributed by atoms with Crippen molar-refractivity contribution in [1.29, 1.82) is 0 Å². The average molecular weight is 308 g/mol. The van der Waals surface area contributed by atoms with Gasteiger partial charge in [0, 0.05) is 24.9 Å². The van der Waals surface area contributed by atoms with E-state index in [-0.39, 0.29) is 0 Å². The van der Waals surface area contributed by atoms with Crippen molar-refractivity contribution in [2.45, 2.75) is 19.4 Å². The number of hydrogen-bond donors (Lipinski definition) is 1. The summed E-state index contributed by atoms with van der Waals surface area (Å²) in [6.45, 7) is 3.43. The fourth-order valence-corrected chi connectivity index (χ4v) is 2.37. The van der Waals surface area contributed by atoms with Crippen LogP contribution in [0.3, 0.4) is 0 Å². The Bertz CT molecular complexity index is 542. The van der Waals surface area contributed by atoms with Gasteiger partial charge in [0.2, 0.25) is 0 Å². The van der Waals surface area contributed by atoms with Crippen LogP contribution in [0.2, 0.25) is 5.02 Å². The van der Waals surface area contributed by atoms with Crippen molar-refractivity contribution in [2.75, 3.05) is 26.8 Å². The first kappa shape index (κ1) is 16.0. The van der Waals surface area contributed by atoms with Gasteiger partial charge in [-0.3, -0.25) is 4.68 Å². The van der Waals surface area contributed by atoms with E-state index in [0.29, 0.717) is 0 Å². The quantitative estimate of drug-likeness (QED) is 0.724. The summed E-state index contributed by atoms with van der Waals surface area (Å²) in [5, 5.41) is 8.51. The lowest BCUT2D eigenvalue weighted by molar-refractivity contribution is 0.199. The van der Waals surface area contributed by atoms with E-state index in [1.54, 1.807) is 7.11 Å². The third kappa shape index (κ3) is 5.87. The first-order chi connectivity index (χ1) is 10.3. The largest absolute Gasteiger partial charge is 0.383 e. The van der Waals surface area contributed by atoms with Gasteiger partial charge < -0.3 is 10.1 Å². The summed E-state index contributed by atoms with van der Waals surface area (Å²) in [4.78, 5) is 0. The smallest absolute Gasteiger partial charge is 0.0659 e. The van der Waals surface area contributed by atoms with Crippen molar-refractivity contribution < 1.29 is 4.74 Å². The molecule has 0 aliphatic heterocycles. The molecule has 0 aliphatic carbocycles. The summed E-state index contributed by atoms with van der Waals surface area (Å²) in [6.07, 6.45) is 6.19. The van der Waals surface area contributed by atoms with E-state index in [1.807, 2.05) is 29.1 Å². The minimum atomic E-state index is 0.757. The number of aromatic nitrogens is 2. The fraction of sp³-hybridized carbons (Fsp3) is 0.438. The lowest BCUT2D eigenvalue weighted by Crippen LogP contribution is -2.20. The first-order valence-corrected chi connectivity index (χ1v) is 7.61. The van der Waals surface area contributed by atoms with Crippen LogP contribution < -0.4 is 5.32 Å². The Morgan fingerprint density at radius 1 is 1.29 bits per heavy atom. The highest BCUT2D eigenvalue weighted by Crippen LogP contribution is 2.12. The van der Waals surface area contributed by atoms with E-state index >= 15 is 0 Å². The Morgan fingerprint density at radius 3 is 3.00 bits per heavy atom. The van der Waals surface area contributed by atoms with Crippen molar-refractivity contribution in [3.05, 3.63) is 52.8 Å². The Hall–Kier alpha value is -1.36. The molecule has 0 spiro atoms. The third-order valence-electron chi connectivity index (χ3n) is 3.22. The highest BCUT2D eigenvalue weighted by molar-refractivity contribution is 6.30. The zero-order valence-electron chi connectivity index (χ0n) is 12.4. The number of nitrogens with one attached hydrogen (secondary N) is 1. The summed E-state index contributed by atoms with van der Waals surface area (Å²) in [5.74, 6) is 0. The fourth-order valence-electron chi connectivity index (χ4n) is 2.16. The van der Waals surface area contributed by atoms with Crippen molar-refractivity contribution in [1.82, 2.24) is 15.1 Å². The van der Waals surface area contributed by atoms with Crippen molar-refractivity contribution in [3.63, 3.8) is 0 Å². The lowest BCUT2D eigenvalue weighted by atomic mass is 10.2. The SMILES string of the molecule is COCCNCCCc1cnn(Cc2cccc(Cl)c2)c1. The van der Waals surface area contributed by atoms with Gasteiger partial charge in [0.15, 0.2) is 0 Å². The summed E-state index contributed by atoms with van der Waals surface area (Å²) in [7, 11) is 1.72. The van der Waals surface area contributed by atoms with Crippen LogP contribution >= 0.6 is 11.6 Å². The van der Waals surface area contributed by atoms with Gasteiger partial charge in [-0.25, -0.2) is 0 Å². The van der Waals surface area contributed by atoms with E-state index < -0.39 is 0 Å². The van der Waals surface area contributed by atoms with Crippen molar-refractivity contribution in [3.8, 4) is 0 Å². The molecule has 0 bridgehead atoms. The molecule has 0 saturated carbocycles. The van der Waals surface area contributed by atoms with Gasteiger partial charge in [-0.05, 0) is 42.6 Å². The van der Waals surface area contributed by atoms with Crippen LogP contribution in [0.4, 0.5) is 0 Å². The molecular formula is C16H22ClN3O. The van der Waals surface area contributed by atoms with E-state index in [9.17, 15) is 0 Å². The van der Waals surface area contributed by atoms with Crippen LogP contribution in [0.5, 0.6) is 0 Å². The molecule has 2 rings (SSSR count). The average Bonchev–Trinajstić information content (AvgIpc) is 2.90. The lowest BCUT2D eigenvalue weighted by Gasteiger charge is -2.03. The monoisotopic (exact) mass is 307 g/mol. The minimum Gasteiger partial charge on any atom is -0.383 e. The molecule has 0 unspecified atom stereocenters. The summed E-state index contributed by atoms with van der Waals surface area (Å²) in [5.41, 5.74) is 2.43. The number of ether oxygens (including phenoxy) is 1. The van der Waals surface area contributed by atoms with E-state index in [1.165, 1.54) is 11.1 Å². The van der Waals surface area contributed by atoms with Gasteiger partial charge in [-0.15, -0.1) is 0 Å². The molecule has 1 aromatic carbocycles.